The minimum atomic E-state index is 0.433. The maximum absolute atomic E-state index is 4.95. The summed E-state index contributed by atoms with van der Waals surface area (Å²) >= 11 is 0. The normalized spacial score (nSPS) is 14.5. The Morgan fingerprint density at radius 2 is 1.85 bits per heavy atom. The molecule has 0 aromatic rings. The van der Waals surface area contributed by atoms with Crippen LogP contribution in [0.2, 0.25) is 0 Å². The summed E-state index contributed by atoms with van der Waals surface area (Å²) in [5, 5.41) is 3.36. The molecule has 1 atom stereocenters. The van der Waals surface area contributed by atoms with Gasteiger partial charge in [-0.05, 0) is 24.3 Å². The summed E-state index contributed by atoms with van der Waals surface area (Å²) in [4.78, 5) is 0. The molecule has 0 fully saturated rings. The summed E-state index contributed by atoms with van der Waals surface area (Å²) < 4.78 is 4.95. The first kappa shape index (κ1) is 12.9. The summed E-state index contributed by atoms with van der Waals surface area (Å²) in [6, 6.07) is 0. The zero-order valence-corrected chi connectivity index (χ0v) is 9.81. The molecule has 0 aromatic carbocycles. The molecule has 1 unspecified atom stereocenters. The molecule has 0 saturated heterocycles. The molecule has 80 valence electrons. The van der Waals surface area contributed by atoms with Gasteiger partial charge in [-0.2, -0.15) is 0 Å². The lowest BCUT2D eigenvalue weighted by molar-refractivity contribution is 0.195. The average Bonchev–Trinajstić information content (AvgIpc) is 2.02. The predicted molar refractivity (Wildman–Crippen MR) is 58.0 cm³/mol. The van der Waals surface area contributed by atoms with Gasteiger partial charge in [-0.15, -0.1) is 0 Å². The molecular formula is C11H25NO. The fourth-order valence-corrected chi connectivity index (χ4v) is 1.05. The van der Waals surface area contributed by atoms with E-state index in [1.54, 1.807) is 7.11 Å². The molecular weight excluding hydrogens is 162 g/mol. The maximum Gasteiger partial charge on any atom is 0.0587 e. The molecule has 0 aliphatic heterocycles. The van der Waals surface area contributed by atoms with Crippen LogP contribution in [0.4, 0.5) is 0 Å². The second kappa shape index (κ2) is 6.39. The van der Waals surface area contributed by atoms with Gasteiger partial charge in [-0.3, -0.25) is 0 Å². The summed E-state index contributed by atoms with van der Waals surface area (Å²) in [5.74, 6) is 0.766. The lowest BCUT2D eigenvalue weighted by Gasteiger charge is -2.27. The Hall–Kier alpha value is -0.0800. The van der Waals surface area contributed by atoms with Crippen molar-refractivity contribution in [1.29, 1.82) is 0 Å². The van der Waals surface area contributed by atoms with Gasteiger partial charge in [0.1, 0.15) is 0 Å². The lowest BCUT2D eigenvalue weighted by atomic mass is 9.80. The van der Waals surface area contributed by atoms with Gasteiger partial charge in [0.15, 0.2) is 0 Å². The van der Waals surface area contributed by atoms with Crippen LogP contribution in [-0.2, 0) is 4.74 Å². The third kappa shape index (κ3) is 7.03. The van der Waals surface area contributed by atoms with Gasteiger partial charge in [0.2, 0.25) is 0 Å². The minimum Gasteiger partial charge on any atom is -0.383 e. The molecule has 0 heterocycles. The number of methoxy groups -OCH3 is 1. The Balaban J connectivity index is 3.32. The third-order valence-corrected chi connectivity index (χ3v) is 2.72. The van der Waals surface area contributed by atoms with E-state index in [4.69, 9.17) is 4.74 Å². The molecule has 0 aromatic heterocycles. The SMILES string of the molecule is COCCNCCC(C)C(C)(C)C. The summed E-state index contributed by atoms with van der Waals surface area (Å²) in [6.45, 7) is 12.1. The van der Waals surface area contributed by atoms with E-state index < -0.39 is 0 Å². The van der Waals surface area contributed by atoms with Crippen LogP contribution < -0.4 is 5.32 Å². The van der Waals surface area contributed by atoms with Crippen molar-refractivity contribution in [3.05, 3.63) is 0 Å². The van der Waals surface area contributed by atoms with Crippen molar-refractivity contribution in [1.82, 2.24) is 5.32 Å². The van der Waals surface area contributed by atoms with E-state index in [0.717, 1.165) is 25.6 Å². The zero-order valence-electron chi connectivity index (χ0n) is 9.81. The largest absolute Gasteiger partial charge is 0.383 e. The Morgan fingerprint density at radius 3 is 2.31 bits per heavy atom. The molecule has 13 heavy (non-hydrogen) atoms. The zero-order chi connectivity index (χ0) is 10.3. The molecule has 0 spiro atoms. The van der Waals surface area contributed by atoms with E-state index in [0.29, 0.717) is 5.41 Å². The molecule has 2 nitrogen and oxygen atoms in total. The molecule has 2 heteroatoms. The fraction of sp³-hybridized carbons (Fsp3) is 1.00. The molecule has 0 rings (SSSR count). The van der Waals surface area contributed by atoms with E-state index in [-0.39, 0.29) is 0 Å². The molecule has 0 radical (unpaired) electrons. The van der Waals surface area contributed by atoms with Gasteiger partial charge < -0.3 is 10.1 Å². The van der Waals surface area contributed by atoms with Crippen LogP contribution in [0.15, 0.2) is 0 Å². The Kier molecular flexibility index (Phi) is 6.35. The lowest BCUT2D eigenvalue weighted by Crippen LogP contribution is -2.25. The smallest absolute Gasteiger partial charge is 0.0587 e. The molecule has 0 amide bonds. The maximum atomic E-state index is 4.95. The van der Waals surface area contributed by atoms with E-state index in [2.05, 4.69) is 33.0 Å². The van der Waals surface area contributed by atoms with E-state index in [1.165, 1.54) is 6.42 Å². The van der Waals surface area contributed by atoms with Crippen LogP contribution in [0.1, 0.15) is 34.1 Å². The van der Waals surface area contributed by atoms with Crippen LogP contribution in [-0.4, -0.2) is 26.8 Å². The van der Waals surface area contributed by atoms with Crippen molar-refractivity contribution in [3.8, 4) is 0 Å². The van der Waals surface area contributed by atoms with Crippen LogP contribution in [0.25, 0.3) is 0 Å². The third-order valence-electron chi connectivity index (χ3n) is 2.72. The van der Waals surface area contributed by atoms with Crippen molar-refractivity contribution in [2.24, 2.45) is 11.3 Å². The van der Waals surface area contributed by atoms with Crippen LogP contribution in [0.3, 0.4) is 0 Å². The first-order chi connectivity index (χ1) is 5.98. The van der Waals surface area contributed by atoms with Gasteiger partial charge in [-0.1, -0.05) is 27.7 Å². The summed E-state index contributed by atoms with van der Waals surface area (Å²) in [5.41, 5.74) is 0.433. The average molecular weight is 187 g/mol. The Bertz CT molecular complexity index is 118. The molecule has 1 N–H and O–H groups in total. The van der Waals surface area contributed by atoms with Gasteiger partial charge >= 0.3 is 0 Å². The number of hydrogen-bond donors (Lipinski definition) is 1. The molecule has 0 aliphatic carbocycles. The van der Waals surface area contributed by atoms with E-state index >= 15 is 0 Å². The van der Waals surface area contributed by atoms with Gasteiger partial charge in [0.05, 0.1) is 6.61 Å². The topological polar surface area (TPSA) is 21.3 Å². The Labute approximate surface area is 83.1 Å². The first-order valence-corrected chi connectivity index (χ1v) is 5.18. The highest BCUT2D eigenvalue weighted by Crippen LogP contribution is 2.27. The predicted octanol–water partition coefficient (Wildman–Crippen LogP) is 2.29. The second-order valence-corrected chi connectivity index (χ2v) is 4.80. The van der Waals surface area contributed by atoms with Gasteiger partial charge in [-0.25, -0.2) is 0 Å². The summed E-state index contributed by atoms with van der Waals surface area (Å²) in [6.07, 6.45) is 1.24. The van der Waals surface area contributed by atoms with Crippen LogP contribution >= 0.6 is 0 Å². The minimum absolute atomic E-state index is 0.433. The van der Waals surface area contributed by atoms with Crippen LogP contribution in [0, 0.1) is 11.3 Å². The second-order valence-electron chi connectivity index (χ2n) is 4.80. The summed E-state index contributed by atoms with van der Waals surface area (Å²) in [7, 11) is 1.74. The monoisotopic (exact) mass is 187 g/mol. The van der Waals surface area contributed by atoms with Gasteiger partial charge in [0.25, 0.3) is 0 Å². The molecule has 0 saturated carbocycles. The quantitative estimate of drug-likeness (QED) is 0.644. The van der Waals surface area contributed by atoms with Crippen molar-refractivity contribution in [2.45, 2.75) is 34.1 Å². The highest BCUT2D eigenvalue weighted by atomic mass is 16.5. The van der Waals surface area contributed by atoms with E-state index in [1.807, 2.05) is 0 Å². The highest BCUT2D eigenvalue weighted by Gasteiger charge is 2.18. The van der Waals surface area contributed by atoms with Gasteiger partial charge in [0, 0.05) is 13.7 Å². The van der Waals surface area contributed by atoms with Crippen molar-refractivity contribution >= 4 is 0 Å². The Morgan fingerprint density at radius 1 is 1.23 bits per heavy atom. The van der Waals surface area contributed by atoms with E-state index in [9.17, 15) is 0 Å². The van der Waals surface area contributed by atoms with Crippen molar-refractivity contribution in [3.63, 3.8) is 0 Å². The number of ether oxygens (including phenoxy) is 1. The van der Waals surface area contributed by atoms with Crippen molar-refractivity contribution < 1.29 is 4.74 Å². The molecule has 0 aliphatic rings. The van der Waals surface area contributed by atoms with Crippen molar-refractivity contribution in [2.75, 3.05) is 26.8 Å². The fourth-order valence-electron chi connectivity index (χ4n) is 1.05. The number of nitrogens with one attached hydrogen (secondary N) is 1. The highest BCUT2D eigenvalue weighted by molar-refractivity contribution is 4.70. The number of rotatable bonds is 6. The first-order valence-electron chi connectivity index (χ1n) is 5.18. The number of hydrogen-bond acceptors (Lipinski definition) is 2. The van der Waals surface area contributed by atoms with Crippen LogP contribution in [0.5, 0.6) is 0 Å². The molecule has 0 bridgehead atoms. The standard InChI is InChI=1S/C11H25NO/c1-10(11(2,3)4)6-7-12-8-9-13-5/h10,12H,6-9H2,1-5H3.